The molecular weight excluding hydrogens is 302 g/mol. The van der Waals surface area contributed by atoms with E-state index in [4.69, 9.17) is 0 Å². The lowest BCUT2D eigenvalue weighted by Crippen LogP contribution is -2.06. The van der Waals surface area contributed by atoms with Crippen LogP contribution in [0.3, 0.4) is 0 Å². The molecule has 1 aromatic rings. The van der Waals surface area contributed by atoms with Gasteiger partial charge in [0.2, 0.25) is 0 Å². The monoisotopic (exact) mass is 327 g/mol. The van der Waals surface area contributed by atoms with Crippen molar-refractivity contribution in [3.8, 4) is 0 Å². The van der Waals surface area contributed by atoms with Crippen LogP contribution in [0.15, 0.2) is 29.2 Å². The van der Waals surface area contributed by atoms with E-state index < -0.39 is 14.8 Å². The summed E-state index contributed by atoms with van der Waals surface area (Å²) in [6.07, 6.45) is 8.78. The normalized spacial score (nSPS) is 11.5. The Hall–Kier alpha value is -1.43. The van der Waals surface area contributed by atoms with Crippen molar-refractivity contribution in [2.75, 3.05) is 5.75 Å². The van der Waals surface area contributed by atoms with Gasteiger partial charge in [-0.1, -0.05) is 51.9 Å². The molecule has 0 heterocycles. The largest absolute Gasteiger partial charge is 0.269 e. The third-order valence-corrected chi connectivity index (χ3v) is 5.49. The molecule has 1 aromatic carbocycles. The zero-order valence-electron chi connectivity index (χ0n) is 13.2. The summed E-state index contributed by atoms with van der Waals surface area (Å²) in [6, 6.07) is 5.11. The number of rotatable bonds is 11. The topological polar surface area (TPSA) is 77.3 Å². The Bertz CT molecular complexity index is 552. The Morgan fingerprint density at radius 2 is 1.41 bits per heavy atom. The highest BCUT2D eigenvalue weighted by Crippen LogP contribution is 2.18. The first-order chi connectivity index (χ1) is 10.5. The summed E-state index contributed by atoms with van der Waals surface area (Å²) in [5.74, 6) is 0.111. The van der Waals surface area contributed by atoms with Crippen LogP contribution in [-0.4, -0.2) is 19.1 Å². The van der Waals surface area contributed by atoms with Gasteiger partial charge in [0.05, 0.1) is 15.6 Å². The van der Waals surface area contributed by atoms with Gasteiger partial charge in [-0.25, -0.2) is 8.42 Å². The number of sulfone groups is 1. The molecule has 124 valence electrons. The van der Waals surface area contributed by atoms with E-state index in [9.17, 15) is 18.5 Å². The standard InChI is InChI=1S/C16H25NO4S/c1-2-3-4-5-6-7-8-9-14-22(20,21)16-12-10-15(11-13-16)17(18)19/h10-13H,2-9,14H2,1H3. The van der Waals surface area contributed by atoms with Gasteiger partial charge in [0.15, 0.2) is 9.84 Å². The zero-order valence-corrected chi connectivity index (χ0v) is 14.0. The first kappa shape index (κ1) is 18.6. The lowest BCUT2D eigenvalue weighted by molar-refractivity contribution is -0.384. The summed E-state index contributed by atoms with van der Waals surface area (Å²) in [6.45, 7) is 2.18. The zero-order chi connectivity index (χ0) is 16.4. The van der Waals surface area contributed by atoms with Crippen molar-refractivity contribution in [1.29, 1.82) is 0 Å². The first-order valence-electron chi connectivity index (χ1n) is 7.94. The van der Waals surface area contributed by atoms with Gasteiger partial charge in [-0.05, 0) is 18.6 Å². The fourth-order valence-electron chi connectivity index (χ4n) is 2.32. The Kier molecular flexibility index (Phi) is 8.09. The second-order valence-electron chi connectivity index (χ2n) is 5.54. The highest BCUT2D eigenvalue weighted by molar-refractivity contribution is 7.91. The van der Waals surface area contributed by atoms with Crippen LogP contribution < -0.4 is 0 Å². The van der Waals surface area contributed by atoms with Gasteiger partial charge in [0.25, 0.3) is 5.69 Å². The number of nitro benzene ring substituents is 1. The van der Waals surface area contributed by atoms with Crippen LogP contribution in [0.1, 0.15) is 58.3 Å². The molecule has 0 unspecified atom stereocenters. The van der Waals surface area contributed by atoms with Crippen molar-refractivity contribution in [2.45, 2.75) is 63.2 Å². The van der Waals surface area contributed by atoms with E-state index in [1.165, 1.54) is 49.9 Å². The third-order valence-electron chi connectivity index (χ3n) is 3.67. The maximum atomic E-state index is 12.1. The Balaban J connectivity index is 2.33. The molecule has 0 saturated heterocycles. The molecular formula is C16H25NO4S. The summed E-state index contributed by atoms with van der Waals surface area (Å²) in [7, 11) is -3.33. The number of nitro groups is 1. The minimum absolute atomic E-state index is 0.0916. The molecule has 0 fully saturated rings. The predicted octanol–water partition coefficient (Wildman–Crippen LogP) is 4.51. The maximum absolute atomic E-state index is 12.1. The van der Waals surface area contributed by atoms with E-state index in [0.29, 0.717) is 6.42 Å². The van der Waals surface area contributed by atoms with Gasteiger partial charge in [0, 0.05) is 12.1 Å². The molecule has 0 saturated carbocycles. The number of hydrogen-bond acceptors (Lipinski definition) is 4. The lowest BCUT2D eigenvalue weighted by atomic mass is 10.1. The summed E-state index contributed by atoms with van der Waals surface area (Å²) in [5.41, 5.74) is -0.0916. The van der Waals surface area contributed by atoms with E-state index in [2.05, 4.69) is 6.92 Å². The van der Waals surface area contributed by atoms with E-state index >= 15 is 0 Å². The Morgan fingerprint density at radius 1 is 0.909 bits per heavy atom. The summed E-state index contributed by atoms with van der Waals surface area (Å²) < 4.78 is 24.2. The lowest BCUT2D eigenvalue weighted by Gasteiger charge is -2.05. The molecule has 0 amide bonds. The summed E-state index contributed by atoms with van der Waals surface area (Å²) in [4.78, 5) is 10.2. The van der Waals surface area contributed by atoms with Crippen LogP contribution in [-0.2, 0) is 9.84 Å². The number of unbranched alkanes of at least 4 members (excludes halogenated alkanes) is 7. The molecule has 0 aliphatic rings. The molecule has 0 N–H and O–H groups in total. The van der Waals surface area contributed by atoms with Gasteiger partial charge >= 0.3 is 0 Å². The van der Waals surface area contributed by atoms with Crippen LogP contribution in [0.4, 0.5) is 5.69 Å². The molecule has 6 heteroatoms. The smallest absolute Gasteiger partial charge is 0.258 e. The molecule has 0 bridgehead atoms. The number of hydrogen-bond donors (Lipinski definition) is 0. The van der Waals surface area contributed by atoms with Gasteiger partial charge in [-0.15, -0.1) is 0 Å². The van der Waals surface area contributed by atoms with Crippen LogP contribution in [0.25, 0.3) is 0 Å². The fourth-order valence-corrected chi connectivity index (χ4v) is 3.69. The Labute approximate surface area is 132 Å². The minimum atomic E-state index is -3.33. The Morgan fingerprint density at radius 3 is 1.91 bits per heavy atom. The van der Waals surface area contributed by atoms with E-state index in [1.807, 2.05) is 0 Å². The molecule has 1 rings (SSSR count). The van der Waals surface area contributed by atoms with Crippen LogP contribution >= 0.6 is 0 Å². The quantitative estimate of drug-likeness (QED) is 0.340. The third kappa shape index (κ3) is 6.56. The van der Waals surface area contributed by atoms with E-state index in [0.717, 1.165) is 19.3 Å². The van der Waals surface area contributed by atoms with Crippen molar-refractivity contribution >= 4 is 15.5 Å². The summed E-state index contributed by atoms with van der Waals surface area (Å²) in [5, 5.41) is 10.6. The minimum Gasteiger partial charge on any atom is -0.258 e. The van der Waals surface area contributed by atoms with Gasteiger partial charge in [0.1, 0.15) is 0 Å². The second kappa shape index (κ2) is 9.56. The van der Waals surface area contributed by atoms with Crippen molar-refractivity contribution in [2.24, 2.45) is 0 Å². The molecule has 0 aliphatic carbocycles. The molecule has 0 aliphatic heterocycles. The van der Waals surface area contributed by atoms with Crippen LogP contribution in [0.5, 0.6) is 0 Å². The van der Waals surface area contributed by atoms with Gasteiger partial charge in [-0.2, -0.15) is 0 Å². The average Bonchev–Trinajstić information content (AvgIpc) is 2.50. The van der Waals surface area contributed by atoms with Crippen molar-refractivity contribution in [3.63, 3.8) is 0 Å². The molecule has 5 nitrogen and oxygen atoms in total. The molecule has 22 heavy (non-hydrogen) atoms. The van der Waals surface area contributed by atoms with Crippen molar-refractivity contribution < 1.29 is 13.3 Å². The fraction of sp³-hybridized carbons (Fsp3) is 0.625. The van der Waals surface area contributed by atoms with E-state index in [-0.39, 0.29) is 16.3 Å². The number of nitrogens with zero attached hydrogens (tertiary/aromatic N) is 1. The summed E-state index contributed by atoms with van der Waals surface area (Å²) >= 11 is 0. The molecule has 0 spiro atoms. The van der Waals surface area contributed by atoms with Gasteiger partial charge in [-0.3, -0.25) is 10.1 Å². The second-order valence-corrected chi connectivity index (χ2v) is 7.65. The van der Waals surface area contributed by atoms with Crippen molar-refractivity contribution in [3.05, 3.63) is 34.4 Å². The molecule has 0 radical (unpaired) electrons. The first-order valence-corrected chi connectivity index (χ1v) is 9.60. The average molecular weight is 327 g/mol. The van der Waals surface area contributed by atoms with Gasteiger partial charge < -0.3 is 0 Å². The number of non-ortho nitro benzene ring substituents is 1. The van der Waals surface area contributed by atoms with Crippen LogP contribution in [0, 0.1) is 10.1 Å². The predicted molar refractivity (Wildman–Crippen MR) is 87.8 cm³/mol. The van der Waals surface area contributed by atoms with Crippen molar-refractivity contribution in [1.82, 2.24) is 0 Å². The highest BCUT2D eigenvalue weighted by atomic mass is 32.2. The van der Waals surface area contributed by atoms with E-state index in [1.54, 1.807) is 0 Å². The number of benzene rings is 1. The molecule has 0 aromatic heterocycles. The molecule has 0 atom stereocenters. The maximum Gasteiger partial charge on any atom is 0.269 e. The highest BCUT2D eigenvalue weighted by Gasteiger charge is 2.15. The van der Waals surface area contributed by atoms with Crippen LogP contribution in [0.2, 0.25) is 0 Å². The SMILES string of the molecule is CCCCCCCCCCS(=O)(=O)c1ccc([N+](=O)[O-])cc1.